The predicted octanol–water partition coefficient (Wildman–Crippen LogP) is 2.02. The fourth-order valence-corrected chi connectivity index (χ4v) is 6.37. The molecule has 3 aliphatic rings. The average molecular weight is 578 g/mol. The standard InChI is InChI=1S/C30H31N3O9/c1-13-18-10-14-9-17-19(33(2)3)11-15(12-32-29(40)42-16-7-5-4-6-8-16)24(35)21(17)25(36)20(14)26(37)30(18,41)27(38)22(23(13)34)28(31)39/h4-8,11,13-14,18,35-36,38,41H,9-10,12H2,1-3H3,(H2,31,39)(H,32,40)/t13-,14-,18-,30-/m0/s1. The first-order valence-corrected chi connectivity index (χ1v) is 13.3. The van der Waals surface area contributed by atoms with E-state index in [9.17, 15) is 39.6 Å². The van der Waals surface area contributed by atoms with Crippen LogP contribution in [0.1, 0.15) is 30.0 Å². The zero-order valence-corrected chi connectivity index (χ0v) is 23.2. The number of aliphatic hydroxyl groups is 3. The van der Waals surface area contributed by atoms with Gasteiger partial charge in [-0.15, -0.1) is 0 Å². The van der Waals surface area contributed by atoms with Crippen LogP contribution in [0.5, 0.6) is 11.5 Å². The lowest BCUT2D eigenvalue weighted by molar-refractivity contribution is -0.152. The third kappa shape index (κ3) is 4.26. The molecular weight excluding hydrogens is 546 g/mol. The number of benzene rings is 2. The number of rotatable bonds is 5. The van der Waals surface area contributed by atoms with Gasteiger partial charge in [-0.3, -0.25) is 14.4 Å². The van der Waals surface area contributed by atoms with Crippen molar-refractivity contribution in [3.05, 3.63) is 70.0 Å². The molecule has 1 fully saturated rings. The number of phenolic OH excluding ortho intramolecular Hbond substituents is 1. The minimum atomic E-state index is -2.67. The number of nitrogens with two attached hydrogens (primary N) is 1. The van der Waals surface area contributed by atoms with Gasteiger partial charge in [0.25, 0.3) is 5.91 Å². The van der Waals surface area contributed by atoms with E-state index in [1.54, 1.807) is 55.4 Å². The summed E-state index contributed by atoms with van der Waals surface area (Å²) in [5.41, 5.74) is 2.80. The normalized spacial score (nSPS) is 24.9. The van der Waals surface area contributed by atoms with Gasteiger partial charge < -0.3 is 41.1 Å². The van der Waals surface area contributed by atoms with Crippen molar-refractivity contribution in [2.24, 2.45) is 23.5 Å². The van der Waals surface area contributed by atoms with E-state index in [-0.39, 0.29) is 36.1 Å². The van der Waals surface area contributed by atoms with E-state index >= 15 is 0 Å². The Labute approximate surface area is 240 Å². The number of anilines is 1. The van der Waals surface area contributed by atoms with Crippen LogP contribution in [0.25, 0.3) is 5.76 Å². The molecule has 0 bridgehead atoms. The van der Waals surface area contributed by atoms with Gasteiger partial charge in [-0.1, -0.05) is 25.1 Å². The Hall–Kier alpha value is -4.84. The number of carbonyl (C=O) groups excluding carboxylic acids is 4. The number of nitrogens with zero attached hydrogens (tertiary/aromatic N) is 1. The first-order valence-electron chi connectivity index (χ1n) is 13.3. The molecule has 0 radical (unpaired) electrons. The van der Waals surface area contributed by atoms with Gasteiger partial charge in [0.15, 0.2) is 11.4 Å². The molecule has 0 spiro atoms. The lowest BCUT2D eigenvalue weighted by Crippen LogP contribution is -2.61. The molecule has 5 rings (SSSR count). The zero-order chi connectivity index (χ0) is 30.7. The molecule has 2 amide bonds. The Balaban J connectivity index is 1.57. The highest BCUT2D eigenvalue weighted by atomic mass is 16.6. The molecule has 0 saturated heterocycles. The summed E-state index contributed by atoms with van der Waals surface area (Å²) in [6.45, 7) is 1.26. The van der Waals surface area contributed by atoms with Gasteiger partial charge >= 0.3 is 6.09 Å². The summed E-state index contributed by atoms with van der Waals surface area (Å²) in [6.07, 6.45) is -0.602. The number of ether oxygens (including phenoxy) is 1. The maximum absolute atomic E-state index is 13.9. The minimum absolute atomic E-state index is 0.0202. The topological polar surface area (TPSA) is 200 Å². The van der Waals surface area contributed by atoms with Crippen LogP contribution in [0, 0.1) is 17.8 Å². The number of ketones is 2. The number of hydrogen-bond acceptors (Lipinski definition) is 10. The number of phenols is 1. The summed E-state index contributed by atoms with van der Waals surface area (Å²) in [5, 5.41) is 47.8. The molecule has 2 aromatic rings. The van der Waals surface area contributed by atoms with E-state index in [1.165, 1.54) is 6.92 Å². The fraction of sp³-hybridized carbons (Fsp3) is 0.333. The molecule has 42 heavy (non-hydrogen) atoms. The van der Waals surface area contributed by atoms with Crippen molar-refractivity contribution >= 4 is 35.0 Å². The van der Waals surface area contributed by atoms with E-state index in [1.807, 2.05) is 0 Å². The van der Waals surface area contributed by atoms with Crippen molar-refractivity contribution in [2.75, 3.05) is 19.0 Å². The summed E-state index contributed by atoms with van der Waals surface area (Å²) < 4.78 is 5.23. The Morgan fingerprint density at radius 1 is 1.14 bits per heavy atom. The largest absolute Gasteiger partial charge is 0.508 e. The maximum atomic E-state index is 13.9. The second-order valence-corrected chi connectivity index (χ2v) is 11.0. The van der Waals surface area contributed by atoms with E-state index in [2.05, 4.69) is 5.32 Å². The van der Waals surface area contributed by atoms with Crippen LogP contribution in [0.3, 0.4) is 0 Å². The Morgan fingerprint density at radius 2 is 1.81 bits per heavy atom. The molecular formula is C30H31N3O9. The molecule has 2 aromatic carbocycles. The fourth-order valence-electron chi connectivity index (χ4n) is 6.37. The first-order chi connectivity index (χ1) is 19.8. The Kier molecular flexibility index (Phi) is 6.97. The van der Waals surface area contributed by atoms with Gasteiger partial charge in [0.05, 0.1) is 5.56 Å². The summed E-state index contributed by atoms with van der Waals surface area (Å²) in [6, 6.07) is 10.0. The number of amides is 2. The van der Waals surface area contributed by atoms with Crippen molar-refractivity contribution in [2.45, 2.75) is 31.9 Å². The van der Waals surface area contributed by atoms with Crippen LogP contribution in [-0.4, -0.2) is 63.7 Å². The molecule has 1 saturated carbocycles. The molecule has 0 unspecified atom stereocenters. The van der Waals surface area contributed by atoms with Crippen LogP contribution >= 0.6 is 0 Å². The minimum Gasteiger partial charge on any atom is -0.508 e. The number of aromatic hydroxyl groups is 1. The summed E-state index contributed by atoms with van der Waals surface area (Å²) >= 11 is 0. The maximum Gasteiger partial charge on any atom is 0.412 e. The SMILES string of the molecule is C[C@@H]1C(=O)C(C(N)=O)=C(O)[C@@]2(O)C(=O)C3=C(O)c4c(O)c(CNC(=O)Oc5ccccc5)cc(N(C)C)c4C[C@H]3C[C@@H]12. The van der Waals surface area contributed by atoms with Crippen molar-refractivity contribution < 1.29 is 44.3 Å². The average Bonchev–Trinajstić information content (AvgIpc) is 2.93. The quantitative estimate of drug-likeness (QED) is 0.286. The van der Waals surface area contributed by atoms with E-state index < -0.39 is 69.8 Å². The van der Waals surface area contributed by atoms with Gasteiger partial charge in [-0.05, 0) is 42.5 Å². The predicted molar refractivity (Wildman–Crippen MR) is 150 cm³/mol. The Morgan fingerprint density at radius 3 is 2.43 bits per heavy atom. The molecule has 0 heterocycles. The number of fused-ring (bicyclic) bond motifs is 3. The molecule has 220 valence electrons. The van der Waals surface area contributed by atoms with Crippen molar-refractivity contribution in [1.82, 2.24) is 5.32 Å². The van der Waals surface area contributed by atoms with Gasteiger partial charge in [0.1, 0.15) is 28.6 Å². The van der Waals surface area contributed by atoms with Gasteiger partial charge in [0, 0.05) is 49.3 Å². The number of hydrogen-bond donors (Lipinski definition) is 6. The van der Waals surface area contributed by atoms with Crippen LogP contribution in [0.4, 0.5) is 10.5 Å². The van der Waals surface area contributed by atoms with Crippen LogP contribution in [0.2, 0.25) is 0 Å². The Bertz CT molecular complexity index is 1590. The molecule has 3 aliphatic carbocycles. The number of Topliss-reactive ketones (excluding diaryl/α,β-unsaturated/α-hetero) is 2. The summed E-state index contributed by atoms with van der Waals surface area (Å²) in [4.78, 5) is 52.8. The molecule has 12 nitrogen and oxygen atoms in total. The summed E-state index contributed by atoms with van der Waals surface area (Å²) in [7, 11) is 3.51. The smallest absolute Gasteiger partial charge is 0.412 e. The molecule has 0 aliphatic heterocycles. The monoisotopic (exact) mass is 577 g/mol. The van der Waals surface area contributed by atoms with Crippen LogP contribution in [0.15, 0.2) is 53.3 Å². The molecule has 0 aromatic heterocycles. The lowest BCUT2D eigenvalue weighted by Gasteiger charge is -2.48. The molecule has 7 N–H and O–H groups in total. The van der Waals surface area contributed by atoms with Crippen molar-refractivity contribution in [3.8, 4) is 11.5 Å². The van der Waals surface area contributed by atoms with Gasteiger partial charge in [-0.2, -0.15) is 0 Å². The van der Waals surface area contributed by atoms with E-state index in [4.69, 9.17) is 10.5 Å². The number of primary amides is 1. The highest BCUT2D eigenvalue weighted by Crippen LogP contribution is 2.54. The van der Waals surface area contributed by atoms with Crippen molar-refractivity contribution in [3.63, 3.8) is 0 Å². The van der Waals surface area contributed by atoms with E-state index in [0.29, 0.717) is 17.0 Å². The zero-order valence-electron chi connectivity index (χ0n) is 23.2. The molecule has 12 heteroatoms. The number of nitrogens with one attached hydrogen (secondary N) is 1. The second-order valence-electron chi connectivity index (χ2n) is 11.0. The first kappa shape index (κ1) is 28.7. The second kappa shape index (κ2) is 10.2. The third-order valence-electron chi connectivity index (χ3n) is 8.45. The molecule has 4 atom stereocenters. The number of para-hydroxylation sites is 1. The van der Waals surface area contributed by atoms with Crippen LogP contribution < -0.4 is 20.7 Å². The lowest BCUT2D eigenvalue weighted by atomic mass is 9.56. The summed E-state index contributed by atoms with van der Waals surface area (Å²) in [5.74, 6) is -7.73. The van der Waals surface area contributed by atoms with Crippen LogP contribution in [-0.2, 0) is 27.3 Å². The van der Waals surface area contributed by atoms with Crippen molar-refractivity contribution in [1.29, 1.82) is 0 Å². The third-order valence-corrected chi connectivity index (χ3v) is 8.45. The highest BCUT2D eigenvalue weighted by molar-refractivity contribution is 6.23. The van der Waals surface area contributed by atoms with Gasteiger partial charge in [-0.25, -0.2) is 4.79 Å². The highest BCUT2D eigenvalue weighted by Gasteiger charge is 2.62. The van der Waals surface area contributed by atoms with Gasteiger partial charge in [0.2, 0.25) is 5.78 Å². The number of carbonyl (C=O) groups is 4. The van der Waals surface area contributed by atoms with E-state index in [0.717, 1.165) is 0 Å². The number of aliphatic hydroxyl groups excluding tert-OH is 2.